The van der Waals surface area contributed by atoms with Gasteiger partial charge in [-0.1, -0.05) is 109 Å². The number of alkyl halides is 1. The Kier molecular flexibility index (Phi) is 12.4. The van der Waals surface area contributed by atoms with E-state index in [-0.39, 0.29) is 104 Å². The first-order chi connectivity index (χ1) is 35.0. The number of benzene rings is 5. The summed E-state index contributed by atoms with van der Waals surface area (Å²) in [7, 11) is 1.79. The second-order valence-corrected chi connectivity index (χ2v) is 20.5. The Morgan fingerprint density at radius 1 is 0.986 bits per heavy atom. The fraction of sp³-hybridized carbons (Fsp3) is 0.327. The number of amides is 1. The Morgan fingerprint density at radius 2 is 1.67 bits per heavy atom. The summed E-state index contributed by atoms with van der Waals surface area (Å²) in [6, 6.07) is 36.3. The monoisotopic (exact) mass is 1010 g/mol. The molecule has 3 fully saturated rings. The Balaban J connectivity index is 0.947. The van der Waals surface area contributed by atoms with Crippen LogP contribution in [-0.4, -0.2) is 107 Å². The average molecular weight is 1010 g/mol. The maximum absolute atomic E-state index is 17.8. The molecule has 3 saturated heterocycles. The molecule has 0 bridgehead atoms. The molecule has 2 N–H and O–H groups in total. The van der Waals surface area contributed by atoms with E-state index in [1.165, 1.54) is 12.1 Å². The van der Waals surface area contributed by atoms with Crippen LogP contribution >= 0.6 is 22.9 Å². The predicted octanol–water partition coefficient (Wildman–Crippen LogP) is 9.86. The van der Waals surface area contributed by atoms with Crippen LogP contribution in [0, 0.1) is 34.3 Å². The molecule has 0 saturated carbocycles. The Labute approximate surface area is 423 Å². The van der Waals surface area contributed by atoms with Crippen molar-refractivity contribution in [2.24, 2.45) is 0 Å². The van der Waals surface area contributed by atoms with Crippen LogP contribution in [0.25, 0.3) is 32.1 Å². The number of thiophene rings is 1. The van der Waals surface area contributed by atoms with E-state index < -0.39 is 41.0 Å². The molecule has 0 radical (unpaired) electrons. The molecule has 1 amide bonds. The first-order valence-corrected chi connectivity index (χ1v) is 25.3. The maximum Gasteiger partial charge on any atom is 0.319 e. The van der Waals surface area contributed by atoms with Gasteiger partial charge in [0.15, 0.2) is 11.6 Å². The third-order valence-electron chi connectivity index (χ3n) is 15.0. The number of rotatable bonds is 14. The third kappa shape index (κ3) is 7.83. The van der Waals surface area contributed by atoms with Gasteiger partial charge in [-0.05, 0) is 54.1 Å². The minimum atomic E-state index is -1.02. The zero-order chi connectivity index (χ0) is 49.9. The molecule has 7 aromatic rings. The van der Waals surface area contributed by atoms with Crippen LogP contribution in [-0.2, 0) is 10.3 Å². The van der Waals surface area contributed by atoms with Crippen molar-refractivity contribution in [1.29, 1.82) is 10.5 Å². The molecular formula is C55H49ClF3N9O3S. The van der Waals surface area contributed by atoms with Crippen LogP contribution < -0.4 is 20.1 Å². The summed E-state index contributed by atoms with van der Waals surface area (Å²) in [5, 5.41) is 20.5. The van der Waals surface area contributed by atoms with Gasteiger partial charge < -0.3 is 25.0 Å². The summed E-state index contributed by atoms with van der Waals surface area (Å²) in [5.74, 6) is -1.36. The van der Waals surface area contributed by atoms with Gasteiger partial charge in [0.1, 0.15) is 53.6 Å². The van der Waals surface area contributed by atoms with Crippen LogP contribution in [0.15, 0.2) is 103 Å². The number of likely N-dealkylation sites (N-methyl/N-ethyl adjacent to an activating group) is 1. The van der Waals surface area contributed by atoms with Crippen LogP contribution in [0.3, 0.4) is 0 Å². The van der Waals surface area contributed by atoms with Crippen LogP contribution in [0.2, 0.25) is 5.02 Å². The SMILES string of the molecule is CN(CCCN1c2nc(OC[C@@]34CCCN3C[C@H](F)C4)nc3c(F)c(-c4ccc(F)c5sc(N)c(C#N)c45)c(Cl)c(c23)OCC1CC#N)C(=O)C1CN1C(c1ccccc1)(c1ccccc1)c1ccccc1. The zero-order valence-corrected chi connectivity index (χ0v) is 40.9. The number of halogens is 4. The quantitative estimate of drug-likeness (QED) is 0.0820. The summed E-state index contributed by atoms with van der Waals surface area (Å²) in [4.78, 5) is 32.2. The highest BCUT2D eigenvalue weighted by atomic mass is 35.5. The number of fused-ring (bicyclic) bond motifs is 2. The lowest BCUT2D eigenvalue weighted by Gasteiger charge is -2.38. The van der Waals surface area contributed by atoms with Gasteiger partial charge >= 0.3 is 6.01 Å². The molecule has 0 spiro atoms. The van der Waals surface area contributed by atoms with Gasteiger partial charge in [0.05, 0.1) is 50.3 Å². The second kappa shape index (κ2) is 18.9. The smallest absolute Gasteiger partial charge is 0.319 e. The molecule has 17 heteroatoms. The molecule has 11 rings (SSSR count). The number of hydrogen-bond donors (Lipinski definition) is 1. The number of nitrogens with zero attached hydrogens (tertiary/aromatic N) is 8. The van der Waals surface area contributed by atoms with E-state index in [0.29, 0.717) is 32.5 Å². The highest BCUT2D eigenvalue weighted by Gasteiger charge is 2.56. The standard InChI is InChI=1S/C55H49ClF3N9O3S/c1-65(52(69)41-30-68(41)55(33-13-5-2-6-14-33,34-15-7-3-8-16-34)35-17-9-4-10-18-35)24-12-26-67-37(21-23-60)31-70-48-44-47(63-53(64-51(44)67)71-32-54-22-11-25-66(54)29-36(57)27-54)46(59)43(45(48)56)38-19-20-40(58)49-42(38)39(28-61)50(62)72-49/h2-10,13-20,36-37,41H,11-12,21-22,24-27,29-32,62H2,1H3/t36-,37?,41?,54+,68?/m1/s1. The first-order valence-electron chi connectivity index (χ1n) is 24.1. The van der Waals surface area contributed by atoms with E-state index in [0.717, 1.165) is 41.0 Å². The summed E-state index contributed by atoms with van der Waals surface area (Å²) in [6.45, 7) is 2.08. The van der Waals surface area contributed by atoms with Crippen molar-refractivity contribution in [3.8, 4) is 35.0 Å². The zero-order valence-electron chi connectivity index (χ0n) is 39.3. The lowest BCUT2D eigenvalue weighted by atomic mass is 9.76. The summed E-state index contributed by atoms with van der Waals surface area (Å²) in [5.41, 5.74) is 7.66. The van der Waals surface area contributed by atoms with Gasteiger partial charge in [0, 0.05) is 50.6 Å². The Hall–Kier alpha value is -6.95. The van der Waals surface area contributed by atoms with Crippen molar-refractivity contribution < 1.29 is 27.4 Å². The molecule has 72 heavy (non-hydrogen) atoms. The largest absolute Gasteiger partial charge is 0.489 e. The maximum atomic E-state index is 17.8. The number of anilines is 2. The topological polar surface area (TPSA) is 148 Å². The van der Waals surface area contributed by atoms with E-state index >= 15 is 8.78 Å². The number of carbonyl (C=O) groups is 1. The van der Waals surface area contributed by atoms with Crippen molar-refractivity contribution in [2.45, 2.75) is 61.4 Å². The van der Waals surface area contributed by atoms with E-state index in [4.69, 9.17) is 31.8 Å². The van der Waals surface area contributed by atoms with Crippen molar-refractivity contribution in [3.05, 3.63) is 142 Å². The lowest BCUT2D eigenvalue weighted by Crippen LogP contribution is -2.44. The lowest BCUT2D eigenvalue weighted by molar-refractivity contribution is -0.130. The molecule has 3 unspecified atom stereocenters. The van der Waals surface area contributed by atoms with Crippen molar-refractivity contribution in [3.63, 3.8) is 0 Å². The Morgan fingerprint density at radius 3 is 2.32 bits per heavy atom. The normalized spacial score (nSPS) is 21.5. The first kappa shape index (κ1) is 47.4. The van der Waals surface area contributed by atoms with Gasteiger partial charge in [-0.3, -0.25) is 14.6 Å². The molecule has 5 atom stereocenters. The van der Waals surface area contributed by atoms with Gasteiger partial charge in [-0.2, -0.15) is 20.5 Å². The molecule has 4 aliphatic heterocycles. The Bertz CT molecular complexity index is 3220. The summed E-state index contributed by atoms with van der Waals surface area (Å²) in [6.07, 6.45) is 1.21. The number of hydrogen-bond acceptors (Lipinski definition) is 12. The van der Waals surface area contributed by atoms with Gasteiger partial charge in [0.25, 0.3) is 0 Å². The molecule has 4 aliphatic rings. The highest BCUT2D eigenvalue weighted by molar-refractivity contribution is 7.23. The van der Waals surface area contributed by atoms with E-state index in [2.05, 4.69) is 57.3 Å². The molecule has 0 aliphatic carbocycles. The molecule has 366 valence electrons. The van der Waals surface area contributed by atoms with E-state index in [1.54, 1.807) is 11.9 Å². The molecule has 12 nitrogen and oxygen atoms in total. The van der Waals surface area contributed by atoms with Crippen LogP contribution in [0.4, 0.5) is 24.0 Å². The number of nitrogens with two attached hydrogens (primary N) is 1. The molecular weight excluding hydrogens is 959 g/mol. The van der Waals surface area contributed by atoms with Gasteiger partial charge in [-0.25, -0.2) is 13.2 Å². The highest BCUT2D eigenvalue weighted by Crippen LogP contribution is 2.52. The predicted molar refractivity (Wildman–Crippen MR) is 272 cm³/mol. The minimum absolute atomic E-state index is 0.0246. The molecule has 5 aromatic carbocycles. The number of nitriles is 2. The van der Waals surface area contributed by atoms with E-state index in [1.807, 2.05) is 65.6 Å². The van der Waals surface area contributed by atoms with Crippen molar-refractivity contribution >= 4 is 60.7 Å². The average Bonchev–Trinajstić information content (AvgIpc) is 3.89. The summed E-state index contributed by atoms with van der Waals surface area (Å²) >= 11 is 8.10. The van der Waals surface area contributed by atoms with Crippen LogP contribution in [0.1, 0.15) is 54.4 Å². The fourth-order valence-corrected chi connectivity index (χ4v) is 12.9. The summed E-state index contributed by atoms with van der Waals surface area (Å²) < 4.78 is 61.0. The number of ether oxygens (including phenoxy) is 2. The van der Waals surface area contributed by atoms with Crippen molar-refractivity contribution in [1.82, 2.24) is 24.7 Å². The van der Waals surface area contributed by atoms with Gasteiger partial charge in [-0.15, -0.1) is 11.3 Å². The molecule has 6 heterocycles. The molecule has 2 aromatic heterocycles. The number of nitrogen functional groups attached to an aromatic ring is 1. The number of carbonyl (C=O) groups excluding carboxylic acids is 1. The van der Waals surface area contributed by atoms with Crippen molar-refractivity contribution in [2.75, 3.05) is 63.6 Å². The number of aromatic nitrogens is 2. The van der Waals surface area contributed by atoms with E-state index in [9.17, 15) is 19.7 Å². The van der Waals surface area contributed by atoms with Gasteiger partial charge in [0.2, 0.25) is 5.91 Å². The fourth-order valence-electron chi connectivity index (χ4n) is 11.6. The second-order valence-electron chi connectivity index (χ2n) is 19.1. The third-order valence-corrected chi connectivity index (χ3v) is 16.4. The minimum Gasteiger partial charge on any atom is -0.489 e. The van der Waals surface area contributed by atoms with Crippen LogP contribution in [0.5, 0.6) is 11.8 Å².